The van der Waals surface area contributed by atoms with Crippen molar-refractivity contribution in [2.45, 2.75) is 46.2 Å². The third-order valence-electron chi connectivity index (χ3n) is 8.14. The highest BCUT2D eigenvalue weighted by Crippen LogP contribution is 2.29. The fourth-order valence-corrected chi connectivity index (χ4v) is 5.94. The molecule has 38 heavy (non-hydrogen) atoms. The van der Waals surface area contributed by atoms with Crippen molar-refractivity contribution < 1.29 is 0 Å². The monoisotopic (exact) mass is 501 g/mol. The lowest BCUT2D eigenvalue weighted by Gasteiger charge is -2.36. The summed E-state index contributed by atoms with van der Waals surface area (Å²) in [5.41, 5.74) is 5.12. The topological polar surface area (TPSA) is 38.1 Å². The van der Waals surface area contributed by atoms with E-state index in [4.69, 9.17) is 4.98 Å². The molecule has 0 saturated carbocycles. The molecule has 5 aromatic rings. The molecule has 1 atom stereocenters. The summed E-state index contributed by atoms with van der Waals surface area (Å²) in [7, 11) is 0. The number of rotatable bonds is 5. The van der Waals surface area contributed by atoms with E-state index in [9.17, 15) is 4.79 Å². The standard InChI is InChI=1S/C34H35N3O/c1-23(2)36-18-8-10-25(21-36)22-37-33(30-13-7-4-9-24(30)3)35-32-17-16-29(20-31(32)34(37)38)28-15-14-26-11-5-6-12-27(26)19-28/h4-7,9,11-17,19-20,23,25H,8,10,18,21-22H2,1-3H3. The van der Waals surface area contributed by atoms with Gasteiger partial charge in [0.15, 0.2) is 0 Å². The average molecular weight is 502 g/mol. The first-order chi connectivity index (χ1) is 18.5. The maximum absolute atomic E-state index is 14.2. The van der Waals surface area contributed by atoms with Crippen molar-refractivity contribution in [3.63, 3.8) is 0 Å². The fourth-order valence-electron chi connectivity index (χ4n) is 5.94. The van der Waals surface area contributed by atoms with Crippen molar-refractivity contribution in [1.29, 1.82) is 0 Å². The van der Waals surface area contributed by atoms with Crippen LogP contribution in [-0.2, 0) is 6.54 Å². The van der Waals surface area contributed by atoms with Crippen LogP contribution < -0.4 is 5.56 Å². The fraction of sp³-hybridized carbons (Fsp3) is 0.294. The molecule has 1 fully saturated rings. The molecule has 0 bridgehead atoms. The quantitative estimate of drug-likeness (QED) is 0.253. The summed E-state index contributed by atoms with van der Waals surface area (Å²) in [5, 5.41) is 3.10. The van der Waals surface area contributed by atoms with E-state index in [1.807, 2.05) is 28.8 Å². The van der Waals surface area contributed by atoms with Crippen LogP contribution in [-0.4, -0.2) is 33.6 Å². The lowest BCUT2D eigenvalue weighted by molar-refractivity contribution is 0.130. The van der Waals surface area contributed by atoms with Crippen LogP contribution in [0.5, 0.6) is 0 Å². The molecule has 0 aliphatic carbocycles. The van der Waals surface area contributed by atoms with E-state index < -0.39 is 0 Å². The molecule has 4 nitrogen and oxygen atoms in total. The normalized spacial score (nSPS) is 16.5. The van der Waals surface area contributed by atoms with Crippen molar-refractivity contribution >= 4 is 21.7 Å². The summed E-state index contributed by atoms with van der Waals surface area (Å²) in [6.07, 6.45) is 2.31. The van der Waals surface area contributed by atoms with Crippen LogP contribution in [0.4, 0.5) is 0 Å². The number of nitrogens with zero attached hydrogens (tertiary/aromatic N) is 3. The zero-order valence-corrected chi connectivity index (χ0v) is 22.5. The second-order valence-corrected chi connectivity index (χ2v) is 11.1. The predicted molar refractivity (Wildman–Crippen MR) is 159 cm³/mol. The minimum Gasteiger partial charge on any atom is -0.301 e. The highest BCUT2D eigenvalue weighted by Gasteiger charge is 2.24. The number of aromatic nitrogens is 2. The molecule has 192 valence electrons. The Labute approximate surface area is 224 Å². The average Bonchev–Trinajstić information content (AvgIpc) is 2.94. The molecule has 0 amide bonds. The SMILES string of the molecule is Cc1ccccc1-c1nc2ccc(-c3ccc4ccccc4c3)cc2c(=O)n1CC1CCCN(C(C)C)C1. The third-order valence-corrected chi connectivity index (χ3v) is 8.14. The summed E-state index contributed by atoms with van der Waals surface area (Å²) >= 11 is 0. The summed E-state index contributed by atoms with van der Waals surface area (Å²) < 4.78 is 1.96. The van der Waals surface area contributed by atoms with Gasteiger partial charge in [0.1, 0.15) is 5.82 Å². The van der Waals surface area contributed by atoms with E-state index in [-0.39, 0.29) is 5.56 Å². The molecule has 4 aromatic carbocycles. The summed E-state index contributed by atoms with van der Waals surface area (Å²) in [6, 6.07) is 29.8. The number of hydrogen-bond donors (Lipinski definition) is 0. The lowest BCUT2D eigenvalue weighted by atomic mass is 9.96. The maximum Gasteiger partial charge on any atom is 0.261 e. The lowest BCUT2D eigenvalue weighted by Crippen LogP contribution is -2.42. The molecule has 1 aliphatic heterocycles. The van der Waals surface area contributed by atoms with Crippen molar-refractivity contribution in [1.82, 2.24) is 14.5 Å². The highest BCUT2D eigenvalue weighted by molar-refractivity contribution is 5.90. The molecule has 0 radical (unpaired) electrons. The Morgan fingerprint density at radius 2 is 1.63 bits per heavy atom. The van der Waals surface area contributed by atoms with Gasteiger partial charge in [-0.05, 0) is 91.7 Å². The predicted octanol–water partition coefficient (Wildman–Crippen LogP) is 7.31. The number of hydrogen-bond acceptors (Lipinski definition) is 3. The van der Waals surface area contributed by atoms with Crippen LogP contribution in [0.25, 0.3) is 44.2 Å². The van der Waals surface area contributed by atoms with Gasteiger partial charge >= 0.3 is 0 Å². The van der Waals surface area contributed by atoms with Gasteiger partial charge in [-0.3, -0.25) is 9.36 Å². The molecule has 1 aliphatic rings. The van der Waals surface area contributed by atoms with Crippen molar-refractivity contribution in [3.05, 3.63) is 101 Å². The smallest absolute Gasteiger partial charge is 0.261 e. The van der Waals surface area contributed by atoms with Gasteiger partial charge in [-0.25, -0.2) is 4.98 Å². The van der Waals surface area contributed by atoms with Gasteiger partial charge in [-0.2, -0.15) is 0 Å². The first-order valence-corrected chi connectivity index (χ1v) is 13.8. The molecule has 2 heterocycles. The first kappa shape index (κ1) is 24.6. The van der Waals surface area contributed by atoms with E-state index in [1.54, 1.807) is 0 Å². The zero-order chi connectivity index (χ0) is 26.2. The molecule has 0 spiro atoms. The van der Waals surface area contributed by atoms with Gasteiger partial charge in [0.25, 0.3) is 5.56 Å². The second-order valence-electron chi connectivity index (χ2n) is 11.1. The molecule has 1 saturated heterocycles. The Kier molecular flexibility index (Phi) is 6.59. The summed E-state index contributed by atoms with van der Waals surface area (Å²) in [6.45, 7) is 9.47. The van der Waals surface area contributed by atoms with Gasteiger partial charge in [0.2, 0.25) is 0 Å². The summed E-state index contributed by atoms with van der Waals surface area (Å²) in [4.78, 5) is 21.9. The third kappa shape index (κ3) is 4.65. The number of piperidine rings is 1. The van der Waals surface area contributed by atoms with Gasteiger partial charge < -0.3 is 4.90 Å². The molecule has 6 rings (SSSR count). The van der Waals surface area contributed by atoms with Gasteiger partial charge in [-0.1, -0.05) is 66.7 Å². The maximum atomic E-state index is 14.2. The van der Waals surface area contributed by atoms with Crippen LogP contribution >= 0.6 is 0 Å². The van der Waals surface area contributed by atoms with Crippen molar-refractivity contribution in [3.8, 4) is 22.5 Å². The number of fused-ring (bicyclic) bond motifs is 2. The Morgan fingerprint density at radius 3 is 2.45 bits per heavy atom. The van der Waals surface area contributed by atoms with E-state index in [0.29, 0.717) is 23.9 Å². The van der Waals surface area contributed by atoms with E-state index in [2.05, 4.69) is 86.3 Å². The number of likely N-dealkylation sites (tertiary alicyclic amines) is 1. The zero-order valence-electron chi connectivity index (χ0n) is 22.5. The van der Waals surface area contributed by atoms with Crippen molar-refractivity contribution in [2.24, 2.45) is 5.92 Å². The molecular weight excluding hydrogens is 466 g/mol. The van der Waals surface area contributed by atoms with E-state index in [1.165, 1.54) is 17.2 Å². The number of benzene rings is 4. The highest BCUT2D eigenvalue weighted by atomic mass is 16.1. The Morgan fingerprint density at radius 1 is 0.895 bits per heavy atom. The van der Waals surface area contributed by atoms with Gasteiger partial charge in [0.05, 0.1) is 10.9 Å². The first-order valence-electron chi connectivity index (χ1n) is 13.8. The molecule has 0 N–H and O–H groups in total. The Hall–Kier alpha value is -3.76. The van der Waals surface area contributed by atoms with Gasteiger partial charge in [-0.15, -0.1) is 0 Å². The van der Waals surface area contributed by atoms with Gasteiger partial charge in [0, 0.05) is 24.7 Å². The number of aryl methyl sites for hydroxylation is 1. The van der Waals surface area contributed by atoms with E-state index >= 15 is 0 Å². The van der Waals surface area contributed by atoms with Crippen LogP contribution in [0, 0.1) is 12.8 Å². The van der Waals surface area contributed by atoms with Crippen LogP contribution in [0.1, 0.15) is 32.3 Å². The van der Waals surface area contributed by atoms with Crippen molar-refractivity contribution in [2.75, 3.05) is 13.1 Å². The largest absolute Gasteiger partial charge is 0.301 e. The summed E-state index contributed by atoms with van der Waals surface area (Å²) in [5.74, 6) is 1.20. The molecule has 1 aromatic heterocycles. The molecule has 1 unspecified atom stereocenters. The molecular formula is C34H35N3O. The van der Waals surface area contributed by atoms with Crippen LogP contribution in [0.2, 0.25) is 0 Å². The Balaban J connectivity index is 1.48. The molecule has 4 heteroatoms. The Bertz CT molecular complexity index is 1680. The van der Waals surface area contributed by atoms with Crippen LogP contribution in [0.15, 0.2) is 89.7 Å². The second kappa shape index (κ2) is 10.2. The minimum absolute atomic E-state index is 0.0533. The van der Waals surface area contributed by atoms with Crippen LogP contribution in [0.3, 0.4) is 0 Å². The minimum atomic E-state index is 0.0533. The van der Waals surface area contributed by atoms with E-state index in [0.717, 1.165) is 53.1 Å².